The van der Waals surface area contributed by atoms with E-state index in [1.807, 2.05) is 12.4 Å². The molecule has 0 bridgehead atoms. The lowest BCUT2D eigenvalue weighted by atomic mass is 9.87. The van der Waals surface area contributed by atoms with Gasteiger partial charge in [0.1, 0.15) is 0 Å². The first-order valence-electron chi connectivity index (χ1n) is 6.72. The van der Waals surface area contributed by atoms with Gasteiger partial charge in [0, 0.05) is 18.9 Å². The van der Waals surface area contributed by atoms with Crippen LogP contribution in [0.5, 0.6) is 0 Å². The molecule has 2 nitrogen and oxygen atoms in total. The lowest BCUT2D eigenvalue weighted by molar-refractivity contribution is 0.220. The van der Waals surface area contributed by atoms with E-state index in [2.05, 4.69) is 36.7 Å². The van der Waals surface area contributed by atoms with Crippen molar-refractivity contribution in [1.29, 1.82) is 0 Å². The Labute approximate surface area is 105 Å². The molecule has 0 unspecified atom stereocenters. The second-order valence-corrected chi connectivity index (χ2v) is 6.17. The first kappa shape index (κ1) is 12.6. The molecule has 0 saturated carbocycles. The highest BCUT2D eigenvalue weighted by Crippen LogP contribution is 2.22. The van der Waals surface area contributed by atoms with E-state index in [1.54, 1.807) is 0 Å². The summed E-state index contributed by atoms with van der Waals surface area (Å²) >= 11 is 0. The number of likely N-dealkylation sites (tertiary alicyclic amines) is 1. The fraction of sp³-hybridized carbons (Fsp3) is 0.667. The maximum atomic E-state index is 4.39. The highest BCUT2D eigenvalue weighted by molar-refractivity contribution is 5.24. The van der Waals surface area contributed by atoms with Crippen molar-refractivity contribution in [3.05, 3.63) is 29.6 Å². The zero-order valence-corrected chi connectivity index (χ0v) is 11.4. The summed E-state index contributed by atoms with van der Waals surface area (Å²) in [4.78, 5) is 6.94. The highest BCUT2D eigenvalue weighted by Gasteiger charge is 2.15. The fourth-order valence-electron chi connectivity index (χ4n) is 2.36. The molecule has 2 heteroatoms. The summed E-state index contributed by atoms with van der Waals surface area (Å²) < 4.78 is 0. The van der Waals surface area contributed by atoms with Crippen LogP contribution in [-0.4, -0.2) is 23.0 Å². The molecule has 1 fully saturated rings. The predicted molar refractivity (Wildman–Crippen MR) is 72.1 cm³/mol. The van der Waals surface area contributed by atoms with Crippen LogP contribution in [0.2, 0.25) is 0 Å². The van der Waals surface area contributed by atoms with Crippen LogP contribution in [0.15, 0.2) is 18.5 Å². The van der Waals surface area contributed by atoms with Crippen molar-refractivity contribution in [2.75, 3.05) is 13.1 Å². The van der Waals surface area contributed by atoms with E-state index in [9.17, 15) is 0 Å². The normalized spacial score (nSPS) is 18.3. The summed E-state index contributed by atoms with van der Waals surface area (Å²) in [6, 6.07) is 2.32. The van der Waals surface area contributed by atoms with Gasteiger partial charge in [0.05, 0.1) is 0 Å². The molecule has 0 radical (unpaired) electrons. The smallest absolute Gasteiger partial charge is 0.0313 e. The third-order valence-corrected chi connectivity index (χ3v) is 3.52. The van der Waals surface area contributed by atoms with Gasteiger partial charge in [-0.2, -0.15) is 0 Å². The number of pyridine rings is 1. The SMILES string of the molecule is CC(C)(C)c1cncc(CN2CCCCC2)c1. The van der Waals surface area contributed by atoms with Crippen molar-refractivity contribution in [3.63, 3.8) is 0 Å². The monoisotopic (exact) mass is 232 g/mol. The Morgan fingerprint density at radius 2 is 1.82 bits per heavy atom. The predicted octanol–water partition coefficient (Wildman–Crippen LogP) is 3.37. The van der Waals surface area contributed by atoms with Crippen LogP contribution in [-0.2, 0) is 12.0 Å². The average molecular weight is 232 g/mol. The van der Waals surface area contributed by atoms with Crippen molar-refractivity contribution in [3.8, 4) is 0 Å². The molecule has 0 N–H and O–H groups in total. The van der Waals surface area contributed by atoms with Gasteiger partial charge in [-0.3, -0.25) is 9.88 Å². The number of nitrogens with zero attached hydrogens (tertiary/aromatic N) is 2. The molecule has 1 aromatic heterocycles. The number of hydrogen-bond acceptors (Lipinski definition) is 2. The minimum Gasteiger partial charge on any atom is -0.299 e. The molecule has 0 aromatic carbocycles. The van der Waals surface area contributed by atoms with Crippen LogP contribution in [0.25, 0.3) is 0 Å². The summed E-state index contributed by atoms with van der Waals surface area (Å²) in [5.41, 5.74) is 2.90. The molecule has 0 amide bonds. The summed E-state index contributed by atoms with van der Waals surface area (Å²) in [6.07, 6.45) is 8.12. The van der Waals surface area contributed by atoms with Crippen LogP contribution in [0.4, 0.5) is 0 Å². The van der Waals surface area contributed by atoms with Crippen molar-refractivity contribution in [1.82, 2.24) is 9.88 Å². The van der Waals surface area contributed by atoms with E-state index in [-0.39, 0.29) is 5.41 Å². The van der Waals surface area contributed by atoms with E-state index < -0.39 is 0 Å². The summed E-state index contributed by atoms with van der Waals surface area (Å²) in [5, 5.41) is 0. The van der Waals surface area contributed by atoms with Crippen molar-refractivity contribution in [2.24, 2.45) is 0 Å². The summed E-state index contributed by atoms with van der Waals surface area (Å²) in [7, 11) is 0. The molecule has 2 heterocycles. The number of hydrogen-bond donors (Lipinski definition) is 0. The molecule has 1 aliphatic heterocycles. The van der Waals surface area contributed by atoms with Gasteiger partial charge in [-0.1, -0.05) is 33.3 Å². The Kier molecular flexibility index (Phi) is 3.82. The van der Waals surface area contributed by atoms with Gasteiger partial charge < -0.3 is 0 Å². The van der Waals surface area contributed by atoms with Gasteiger partial charge in [-0.15, -0.1) is 0 Å². The Balaban J connectivity index is 2.05. The fourth-order valence-corrected chi connectivity index (χ4v) is 2.36. The summed E-state index contributed by atoms with van der Waals surface area (Å²) in [5.74, 6) is 0. The third-order valence-electron chi connectivity index (χ3n) is 3.52. The lowest BCUT2D eigenvalue weighted by Gasteiger charge is -2.27. The molecular formula is C15H24N2. The maximum Gasteiger partial charge on any atom is 0.0313 e. The number of rotatable bonds is 2. The van der Waals surface area contributed by atoms with E-state index in [0.717, 1.165) is 6.54 Å². The molecule has 1 aliphatic rings. The van der Waals surface area contributed by atoms with Crippen LogP contribution >= 0.6 is 0 Å². The van der Waals surface area contributed by atoms with Crippen LogP contribution in [0, 0.1) is 0 Å². The second-order valence-electron chi connectivity index (χ2n) is 6.17. The molecule has 2 rings (SSSR count). The number of piperidine rings is 1. The lowest BCUT2D eigenvalue weighted by Crippen LogP contribution is -2.29. The Morgan fingerprint density at radius 3 is 2.47 bits per heavy atom. The van der Waals surface area contributed by atoms with E-state index in [0.29, 0.717) is 0 Å². The van der Waals surface area contributed by atoms with Gasteiger partial charge in [0.15, 0.2) is 0 Å². The molecule has 94 valence electrons. The topological polar surface area (TPSA) is 16.1 Å². The first-order valence-corrected chi connectivity index (χ1v) is 6.72. The van der Waals surface area contributed by atoms with E-state index in [1.165, 1.54) is 43.5 Å². The van der Waals surface area contributed by atoms with Crippen LogP contribution in [0.1, 0.15) is 51.2 Å². The van der Waals surface area contributed by atoms with Crippen molar-refractivity contribution in [2.45, 2.75) is 52.0 Å². The molecule has 0 aliphatic carbocycles. The first-order chi connectivity index (χ1) is 8.05. The quantitative estimate of drug-likeness (QED) is 0.777. The zero-order chi connectivity index (χ0) is 12.3. The Hall–Kier alpha value is -0.890. The van der Waals surface area contributed by atoms with Crippen LogP contribution in [0.3, 0.4) is 0 Å². The summed E-state index contributed by atoms with van der Waals surface area (Å²) in [6.45, 7) is 10.3. The van der Waals surface area contributed by atoms with Crippen molar-refractivity contribution < 1.29 is 0 Å². The maximum absolute atomic E-state index is 4.39. The van der Waals surface area contributed by atoms with E-state index >= 15 is 0 Å². The Bertz CT molecular complexity index is 359. The van der Waals surface area contributed by atoms with Crippen molar-refractivity contribution >= 4 is 0 Å². The third kappa shape index (κ3) is 3.53. The minimum atomic E-state index is 0.199. The number of aromatic nitrogens is 1. The van der Waals surface area contributed by atoms with Gasteiger partial charge in [0.2, 0.25) is 0 Å². The molecule has 1 aromatic rings. The Morgan fingerprint density at radius 1 is 1.12 bits per heavy atom. The standard InChI is InChI=1S/C15H24N2/c1-15(2,3)14-9-13(10-16-11-14)12-17-7-5-4-6-8-17/h9-11H,4-8,12H2,1-3H3. The second kappa shape index (κ2) is 5.18. The molecule has 1 saturated heterocycles. The molecular weight excluding hydrogens is 208 g/mol. The zero-order valence-electron chi connectivity index (χ0n) is 11.4. The molecule has 0 spiro atoms. The molecule has 17 heavy (non-hydrogen) atoms. The minimum absolute atomic E-state index is 0.199. The average Bonchev–Trinajstić information content (AvgIpc) is 2.29. The highest BCUT2D eigenvalue weighted by atomic mass is 15.1. The van der Waals surface area contributed by atoms with E-state index in [4.69, 9.17) is 0 Å². The van der Waals surface area contributed by atoms with Gasteiger partial charge in [0.25, 0.3) is 0 Å². The van der Waals surface area contributed by atoms with Gasteiger partial charge >= 0.3 is 0 Å². The van der Waals surface area contributed by atoms with Gasteiger partial charge in [-0.25, -0.2) is 0 Å². The molecule has 0 atom stereocenters. The van der Waals surface area contributed by atoms with Crippen LogP contribution < -0.4 is 0 Å². The van der Waals surface area contributed by atoms with Gasteiger partial charge in [-0.05, 0) is 42.5 Å². The largest absolute Gasteiger partial charge is 0.299 e.